The number of para-hydroxylation sites is 1. The van der Waals surface area contributed by atoms with Gasteiger partial charge in [0.15, 0.2) is 5.75 Å². The highest BCUT2D eigenvalue weighted by molar-refractivity contribution is 5.85. The minimum atomic E-state index is -4.78. The van der Waals surface area contributed by atoms with Gasteiger partial charge in [-0.15, -0.1) is 23.4 Å². The van der Waals surface area contributed by atoms with Crippen molar-refractivity contribution in [3.8, 4) is 17.1 Å². The summed E-state index contributed by atoms with van der Waals surface area (Å²) in [6, 6.07) is 12.1. The van der Waals surface area contributed by atoms with Gasteiger partial charge in [-0.3, -0.25) is 0 Å². The van der Waals surface area contributed by atoms with Crippen molar-refractivity contribution in [2.45, 2.75) is 18.2 Å². The van der Waals surface area contributed by atoms with E-state index in [2.05, 4.69) is 24.9 Å². The van der Waals surface area contributed by atoms with Crippen molar-refractivity contribution < 1.29 is 22.6 Å². The molecular formula is C21H18F3N5O2. The highest BCUT2D eigenvalue weighted by atomic mass is 19.4. The van der Waals surface area contributed by atoms with Gasteiger partial charge in [0.1, 0.15) is 23.5 Å². The second-order valence-corrected chi connectivity index (χ2v) is 7.67. The Morgan fingerprint density at radius 3 is 2.68 bits per heavy atom. The topological polar surface area (TPSA) is 77.9 Å². The van der Waals surface area contributed by atoms with Crippen molar-refractivity contribution >= 4 is 11.0 Å². The summed E-state index contributed by atoms with van der Waals surface area (Å²) in [5.41, 5.74) is 2.15. The van der Waals surface area contributed by atoms with E-state index < -0.39 is 6.36 Å². The number of hydrogen-bond acceptors (Lipinski definition) is 5. The van der Waals surface area contributed by atoms with Gasteiger partial charge in [-0.05, 0) is 23.8 Å². The molecule has 31 heavy (non-hydrogen) atoms. The number of nitrogens with zero attached hydrogens (tertiary/aromatic N) is 4. The van der Waals surface area contributed by atoms with Crippen LogP contribution in [0.2, 0.25) is 0 Å². The third-order valence-corrected chi connectivity index (χ3v) is 5.51. The fourth-order valence-electron chi connectivity index (χ4n) is 3.84. The Morgan fingerprint density at radius 1 is 1.19 bits per heavy atom. The molecule has 0 atom stereocenters. The standard InChI is InChI=1S/C21H18F3N5O2/c1-29-12-25-28-17(29)9-20(10-30-11-20)14-5-2-4-13(8-14)19-26-15-6-3-7-16(18(15)27-19)31-21(22,23)24/h2-8,12H,9-11H2,1H3,(H,26,27). The number of aromatic nitrogens is 5. The number of ether oxygens (including phenoxy) is 2. The summed E-state index contributed by atoms with van der Waals surface area (Å²) >= 11 is 0. The number of rotatable bonds is 5. The molecule has 160 valence electrons. The minimum absolute atomic E-state index is 0.195. The van der Waals surface area contributed by atoms with E-state index in [-0.39, 0.29) is 16.7 Å². The molecule has 2 aromatic carbocycles. The van der Waals surface area contributed by atoms with Gasteiger partial charge in [0.05, 0.1) is 18.7 Å². The smallest absolute Gasteiger partial charge is 0.403 e. The van der Waals surface area contributed by atoms with Crippen molar-refractivity contribution in [2.24, 2.45) is 7.05 Å². The van der Waals surface area contributed by atoms with Gasteiger partial charge >= 0.3 is 6.36 Å². The van der Waals surface area contributed by atoms with Crippen LogP contribution in [0.4, 0.5) is 13.2 Å². The van der Waals surface area contributed by atoms with Crippen molar-refractivity contribution in [2.75, 3.05) is 13.2 Å². The lowest BCUT2D eigenvalue weighted by atomic mass is 9.75. The number of imidazole rings is 1. The molecule has 0 aliphatic carbocycles. The molecule has 5 rings (SSSR count). The molecule has 3 heterocycles. The zero-order chi connectivity index (χ0) is 21.6. The third-order valence-electron chi connectivity index (χ3n) is 5.51. The van der Waals surface area contributed by atoms with Crippen LogP contribution in [-0.2, 0) is 23.6 Å². The lowest BCUT2D eigenvalue weighted by molar-refractivity contribution is -0.274. The fourth-order valence-corrected chi connectivity index (χ4v) is 3.84. The Bertz CT molecular complexity index is 1240. The summed E-state index contributed by atoms with van der Waals surface area (Å²) in [5, 5.41) is 8.14. The lowest BCUT2D eigenvalue weighted by Gasteiger charge is -2.41. The van der Waals surface area contributed by atoms with E-state index in [9.17, 15) is 13.2 Å². The number of H-pyrrole nitrogens is 1. The van der Waals surface area contributed by atoms with Crippen LogP contribution in [0, 0.1) is 0 Å². The van der Waals surface area contributed by atoms with Crippen LogP contribution in [0.5, 0.6) is 5.75 Å². The van der Waals surface area contributed by atoms with Gasteiger partial charge in [0.25, 0.3) is 0 Å². The number of fused-ring (bicyclic) bond motifs is 1. The van der Waals surface area contributed by atoms with Crippen LogP contribution in [0.15, 0.2) is 48.8 Å². The fraction of sp³-hybridized carbons (Fsp3) is 0.286. The van der Waals surface area contributed by atoms with Crippen molar-refractivity contribution in [3.63, 3.8) is 0 Å². The molecule has 0 saturated carbocycles. The lowest BCUT2D eigenvalue weighted by Crippen LogP contribution is -2.49. The van der Waals surface area contributed by atoms with E-state index in [0.717, 1.165) is 17.0 Å². The van der Waals surface area contributed by atoms with Crippen LogP contribution >= 0.6 is 0 Å². The first-order chi connectivity index (χ1) is 14.8. The molecule has 7 nitrogen and oxygen atoms in total. The number of halogens is 3. The molecule has 0 bridgehead atoms. The number of nitrogens with one attached hydrogen (secondary N) is 1. The van der Waals surface area contributed by atoms with Crippen molar-refractivity contribution in [1.82, 2.24) is 24.7 Å². The summed E-state index contributed by atoms with van der Waals surface area (Å²) < 4.78 is 49.7. The summed E-state index contributed by atoms with van der Waals surface area (Å²) in [4.78, 5) is 7.45. The number of hydrogen-bond donors (Lipinski definition) is 1. The molecule has 1 aliphatic heterocycles. The molecule has 1 fully saturated rings. The maximum atomic E-state index is 12.7. The maximum absolute atomic E-state index is 12.7. The van der Waals surface area contributed by atoms with Crippen LogP contribution in [0.25, 0.3) is 22.4 Å². The molecule has 1 N–H and O–H groups in total. The van der Waals surface area contributed by atoms with Crippen LogP contribution in [-0.4, -0.2) is 44.3 Å². The maximum Gasteiger partial charge on any atom is 0.573 e. The molecule has 2 aromatic heterocycles. The second-order valence-electron chi connectivity index (χ2n) is 7.67. The Labute approximate surface area is 174 Å². The molecule has 10 heteroatoms. The van der Waals surface area contributed by atoms with Gasteiger partial charge in [0.2, 0.25) is 0 Å². The molecule has 1 saturated heterocycles. The molecule has 0 amide bonds. The predicted octanol–water partition coefficient (Wildman–Crippen LogP) is 3.77. The van der Waals surface area contributed by atoms with Crippen molar-refractivity contribution in [1.29, 1.82) is 0 Å². The zero-order valence-corrected chi connectivity index (χ0v) is 16.5. The van der Waals surface area contributed by atoms with Gasteiger partial charge in [-0.1, -0.05) is 24.3 Å². The van der Waals surface area contributed by atoms with Gasteiger partial charge in [0, 0.05) is 24.4 Å². The van der Waals surface area contributed by atoms with Gasteiger partial charge < -0.3 is 19.0 Å². The number of alkyl halides is 3. The first-order valence-corrected chi connectivity index (χ1v) is 9.59. The Morgan fingerprint density at radius 2 is 2.00 bits per heavy atom. The van der Waals surface area contributed by atoms with Crippen LogP contribution in [0.3, 0.4) is 0 Å². The van der Waals surface area contributed by atoms with E-state index >= 15 is 0 Å². The third kappa shape index (κ3) is 3.63. The van der Waals surface area contributed by atoms with E-state index in [4.69, 9.17) is 4.74 Å². The molecule has 0 unspecified atom stereocenters. The van der Waals surface area contributed by atoms with Crippen LogP contribution < -0.4 is 4.74 Å². The molecule has 1 aliphatic rings. The number of benzene rings is 2. The number of aryl methyl sites for hydroxylation is 1. The summed E-state index contributed by atoms with van der Waals surface area (Å²) in [6.45, 7) is 1.10. The van der Waals surface area contributed by atoms with Crippen molar-refractivity contribution in [3.05, 3.63) is 60.2 Å². The van der Waals surface area contributed by atoms with E-state index in [1.807, 2.05) is 35.9 Å². The summed E-state index contributed by atoms with van der Waals surface area (Å²) in [6.07, 6.45) is -2.46. The quantitative estimate of drug-likeness (QED) is 0.523. The Hall–Kier alpha value is -3.40. The first-order valence-electron chi connectivity index (χ1n) is 9.59. The van der Waals surface area contributed by atoms with E-state index in [1.165, 1.54) is 12.1 Å². The highest BCUT2D eigenvalue weighted by Gasteiger charge is 2.42. The normalized spacial score (nSPS) is 15.7. The summed E-state index contributed by atoms with van der Waals surface area (Å²) in [7, 11) is 1.90. The minimum Gasteiger partial charge on any atom is -0.403 e. The molecular weight excluding hydrogens is 411 g/mol. The molecule has 0 spiro atoms. The van der Waals surface area contributed by atoms with Gasteiger partial charge in [-0.2, -0.15) is 0 Å². The Balaban J connectivity index is 1.51. The highest BCUT2D eigenvalue weighted by Crippen LogP contribution is 2.37. The zero-order valence-electron chi connectivity index (χ0n) is 16.5. The van der Waals surface area contributed by atoms with E-state index in [1.54, 1.807) is 12.4 Å². The molecule has 0 radical (unpaired) electrons. The Kier molecular flexibility index (Phi) is 4.47. The molecule has 4 aromatic rings. The second kappa shape index (κ2) is 7.09. The number of aromatic amines is 1. The average molecular weight is 429 g/mol. The average Bonchev–Trinajstić information content (AvgIpc) is 3.30. The predicted molar refractivity (Wildman–Crippen MR) is 105 cm³/mol. The first kappa shape index (κ1) is 19.6. The monoisotopic (exact) mass is 429 g/mol. The van der Waals surface area contributed by atoms with Gasteiger partial charge in [-0.25, -0.2) is 4.98 Å². The van der Waals surface area contributed by atoms with E-state index in [0.29, 0.717) is 31.0 Å². The van der Waals surface area contributed by atoms with Crippen LogP contribution in [0.1, 0.15) is 11.4 Å². The summed E-state index contributed by atoms with van der Waals surface area (Å²) in [5.74, 6) is 1.00. The largest absolute Gasteiger partial charge is 0.573 e. The SMILES string of the molecule is Cn1cnnc1CC1(c2cccc(-c3nc4cccc(OC(F)(F)F)c4[nH]3)c2)COC1.